The smallest absolute Gasteiger partial charge is 0.249 e. The lowest BCUT2D eigenvalue weighted by Crippen LogP contribution is -2.45. The molecule has 7 nitrogen and oxygen atoms in total. The highest BCUT2D eigenvalue weighted by atomic mass is 16.7. The summed E-state index contributed by atoms with van der Waals surface area (Å²) in [6.07, 6.45) is 5.35. The Labute approximate surface area is 189 Å². The highest BCUT2D eigenvalue weighted by molar-refractivity contribution is 5.81. The molecule has 32 heavy (non-hydrogen) atoms. The van der Waals surface area contributed by atoms with E-state index in [1.807, 2.05) is 18.2 Å². The Morgan fingerprint density at radius 2 is 2.09 bits per heavy atom. The number of amides is 1. The summed E-state index contributed by atoms with van der Waals surface area (Å²) in [7, 11) is 0. The Kier molecular flexibility index (Phi) is 6.28. The molecule has 4 heterocycles. The van der Waals surface area contributed by atoms with Gasteiger partial charge in [-0.1, -0.05) is 6.07 Å². The Bertz CT molecular complexity index is 946. The first-order valence-corrected chi connectivity index (χ1v) is 11.6. The standard InChI is InChI=1S/C25H31N3O4/c1-17-12-22-23(32-16-31-22)13-19(17)15-28-10-4-6-18(14-28)24(20-7-2-3-9-26-20)27-25(29)21-8-5-11-30-21/h2-3,7,9,12-13,18,21,24H,4-6,8,10-11,14-16H2,1H3,(H,27,29)/t18-,21-,24+/m0/s1. The Morgan fingerprint density at radius 1 is 1.22 bits per heavy atom. The average Bonchev–Trinajstić information content (AvgIpc) is 3.50. The summed E-state index contributed by atoms with van der Waals surface area (Å²) in [5.41, 5.74) is 3.39. The molecule has 5 rings (SSSR count). The van der Waals surface area contributed by atoms with Crippen LogP contribution in [0.15, 0.2) is 36.5 Å². The van der Waals surface area contributed by atoms with Crippen molar-refractivity contribution in [2.45, 2.75) is 51.3 Å². The zero-order valence-corrected chi connectivity index (χ0v) is 18.6. The molecular weight excluding hydrogens is 406 g/mol. The molecular formula is C25H31N3O4. The largest absolute Gasteiger partial charge is 0.454 e. The van der Waals surface area contributed by atoms with Crippen LogP contribution in [0.4, 0.5) is 0 Å². The number of carbonyl (C=O) groups is 1. The second-order valence-corrected chi connectivity index (χ2v) is 9.01. The summed E-state index contributed by atoms with van der Waals surface area (Å²) in [6, 6.07) is 9.98. The van der Waals surface area contributed by atoms with Crippen molar-refractivity contribution in [3.63, 3.8) is 0 Å². The quantitative estimate of drug-likeness (QED) is 0.747. The number of rotatable bonds is 6. The van der Waals surface area contributed by atoms with Crippen molar-refractivity contribution in [1.29, 1.82) is 0 Å². The van der Waals surface area contributed by atoms with Crippen LogP contribution >= 0.6 is 0 Å². The van der Waals surface area contributed by atoms with Crippen LogP contribution in [0.1, 0.15) is 48.5 Å². The number of aryl methyl sites for hydroxylation is 1. The van der Waals surface area contributed by atoms with Crippen LogP contribution < -0.4 is 14.8 Å². The van der Waals surface area contributed by atoms with Gasteiger partial charge >= 0.3 is 0 Å². The minimum atomic E-state index is -0.336. The third-order valence-corrected chi connectivity index (χ3v) is 6.76. The van der Waals surface area contributed by atoms with E-state index in [-0.39, 0.29) is 18.1 Å². The fraction of sp³-hybridized carbons (Fsp3) is 0.520. The molecule has 1 aromatic carbocycles. The van der Waals surface area contributed by atoms with Gasteiger partial charge in [-0.2, -0.15) is 0 Å². The molecule has 2 fully saturated rings. The van der Waals surface area contributed by atoms with Crippen LogP contribution in [-0.4, -0.2) is 48.4 Å². The number of aromatic nitrogens is 1. The van der Waals surface area contributed by atoms with Crippen molar-refractivity contribution in [1.82, 2.24) is 15.2 Å². The van der Waals surface area contributed by atoms with Crippen LogP contribution in [0.3, 0.4) is 0 Å². The Balaban J connectivity index is 1.31. The van der Waals surface area contributed by atoms with Gasteiger partial charge in [-0.05, 0) is 80.5 Å². The number of piperidine rings is 1. The number of carbonyl (C=O) groups excluding carboxylic acids is 1. The van der Waals surface area contributed by atoms with Gasteiger partial charge in [-0.3, -0.25) is 14.7 Å². The lowest BCUT2D eigenvalue weighted by Gasteiger charge is -2.37. The number of nitrogens with one attached hydrogen (secondary N) is 1. The van der Waals surface area contributed by atoms with Crippen molar-refractivity contribution < 1.29 is 19.0 Å². The third-order valence-electron chi connectivity index (χ3n) is 6.76. The predicted molar refractivity (Wildman–Crippen MR) is 119 cm³/mol. The zero-order chi connectivity index (χ0) is 21.9. The second-order valence-electron chi connectivity index (χ2n) is 9.01. The van der Waals surface area contributed by atoms with Crippen molar-refractivity contribution >= 4 is 5.91 Å². The van der Waals surface area contributed by atoms with Crippen molar-refractivity contribution in [3.8, 4) is 11.5 Å². The van der Waals surface area contributed by atoms with Gasteiger partial charge in [0.2, 0.25) is 12.7 Å². The molecule has 0 aliphatic carbocycles. The van der Waals surface area contributed by atoms with Gasteiger partial charge in [0.05, 0.1) is 11.7 Å². The number of hydrogen-bond donors (Lipinski definition) is 1. The summed E-state index contributed by atoms with van der Waals surface area (Å²) in [5.74, 6) is 1.93. The van der Waals surface area contributed by atoms with Crippen LogP contribution in [-0.2, 0) is 16.1 Å². The lowest BCUT2D eigenvalue weighted by molar-refractivity contribution is -0.131. The fourth-order valence-corrected chi connectivity index (χ4v) is 5.03. The molecule has 3 atom stereocenters. The first-order chi connectivity index (χ1) is 15.7. The van der Waals surface area contributed by atoms with E-state index in [0.29, 0.717) is 19.3 Å². The van der Waals surface area contributed by atoms with Crippen LogP contribution in [0.2, 0.25) is 0 Å². The van der Waals surface area contributed by atoms with Gasteiger partial charge in [0.1, 0.15) is 6.10 Å². The molecule has 170 valence electrons. The van der Waals surface area contributed by atoms with Gasteiger partial charge in [0.15, 0.2) is 11.5 Å². The fourth-order valence-electron chi connectivity index (χ4n) is 5.03. The van der Waals surface area contributed by atoms with E-state index in [9.17, 15) is 4.79 Å². The van der Waals surface area contributed by atoms with Crippen molar-refractivity contribution in [3.05, 3.63) is 53.3 Å². The van der Waals surface area contributed by atoms with Crippen LogP contribution in [0.25, 0.3) is 0 Å². The zero-order valence-electron chi connectivity index (χ0n) is 18.6. The van der Waals surface area contributed by atoms with E-state index in [0.717, 1.165) is 62.5 Å². The van der Waals surface area contributed by atoms with E-state index < -0.39 is 0 Å². The maximum Gasteiger partial charge on any atom is 0.249 e. The molecule has 7 heteroatoms. The van der Waals surface area contributed by atoms with E-state index in [1.54, 1.807) is 6.20 Å². The van der Waals surface area contributed by atoms with Gasteiger partial charge in [0.25, 0.3) is 0 Å². The minimum Gasteiger partial charge on any atom is -0.454 e. The highest BCUT2D eigenvalue weighted by Crippen LogP contribution is 2.36. The van der Waals surface area contributed by atoms with E-state index in [2.05, 4.69) is 34.3 Å². The minimum absolute atomic E-state index is 0.0121. The van der Waals surface area contributed by atoms with Gasteiger partial charge in [-0.25, -0.2) is 0 Å². The molecule has 2 saturated heterocycles. The first kappa shape index (κ1) is 21.2. The van der Waals surface area contributed by atoms with Crippen molar-refractivity contribution in [2.75, 3.05) is 26.5 Å². The van der Waals surface area contributed by atoms with Crippen LogP contribution in [0.5, 0.6) is 11.5 Å². The molecule has 0 spiro atoms. The topological polar surface area (TPSA) is 72.9 Å². The van der Waals surface area contributed by atoms with E-state index in [4.69, 9.17) is 14.2 Å². The lowest BCUT2D eigenvalue weighted by atomic mass is 9.87. The third kappa shape index (κ3) is 4.59. The van der Waals surface area contributed by atoms with E-state index >= 15 is 0 Å². The Hall–Kier alpha value is -2.64. The molecule has 3 aliphatic rings. The number of ether oxygens (including phenoxy) is 3. The number of fused-ring (bicyclic) bond motifs is 1. The van der Waals surface area contributed by atoms with Gasteiger partial charge in [-0.15, -0.1) is 0 Å². The number of nitrogens with zero attached hydrogens (tertiary/aromatic N) is 2. The first-order valence-electron chi connectivity index (χ1n) is 11.6. The molecule has 2 aromatic rings. The van der Waals surface area contributed by atoms with Gasteiger partial charge < -0.3 is 19.5 Å². The molecule has 1 amide bonds. The maximum atomic E-state index is 12.9. The maximum absolute atomic E-state index is 12.9. The van der Waals surface area contributed by atoms with Crippen LogP contribution in [0, 0.1) is 12.8 Å². The number of likely N-dealkylation sites (tertiary alicyclic amines) is 1. The summed E-state index contributed by atoms with van der Waals surface area (Å²) < 4.78 is 16.7. The van der Waals surface area contributed by atoms with Crippen molar-refractivity contribution in [2.24, 2.45) is 5.92 Å². The Morgan fingerprint density at radius 3 is 2.88 bits per heavy atom. The molecule has 1 N–H and O–H groups in total. The number of hydrogen-bond acceptors (Lipinski definition) is 6. The number of pyridine rings is 1. The molecule has 0 unspecified atom stereocenters. The molecule has 3 aliphatic heterocycles. The monoisotopic (exact) mass is 437 g/mol. The highest BCUT2D eigenvalue weighted by Gasteiger charge is 2.33. The molecule has 1 aromatic heterocycles. The molecule has 0 bridgehead atoms. The predicted octanol–water partition coefficient (Wildman–Crippen LogP) is 3.37. The summed E-state index contributed by atoms with van der Waals surface area (Å²) in [4.78, 5) is 20.0. The number of benzene rings is 1. The van der Waals surface area contributed by atoms with E-state index in [1.165, 1.54) is 11.1 Å². The summed E-state index contributed by atoms with van der Waals surface area (Å²) in [6.45, 7) is 5.88. The molecule has 0 saturated carbocycles. The van der Waals surface area contributed by atoms with Gasteiger partial charge in [0, 0.05) is 25.9 Å². The summed E-state index contributed by atoms with van der Waals surface area (Å²) in [5, 5.41) is 3.29. The normalized spacial score (nSPS) is 23.8. The SMILES string of the molecule is Cc1cc2c(cc1CN1CCC[C@H]([C@@H](NC(=O)[C@@H]3CCCO3)c3ccccn3)C1)OCO2. The second kappa shape index (κ2) is 9.46. The average molecular weight is 438 g/mol. The molecule has 0 radical (unpaired) electrons. The summed E-state index contributed by atoms with van der Waals surface area (Å²) >= 11 is 0.